The summed E-state index contributed by atoms with van der Waals surface area (Å²) in [5.41, 5.74) is 6.07. The number of fused-ring (bicyclic) bond motifs is 1. The molecule has 5 aliphatic rings. The monoisotopic (exact) mass is 829 g/mol. The van der Waals surface area contributed by atoms with Crippen LogP contribution in [0.2, 0.25) is 0 Å². The Hall–Kier alpha value is -1.35. The van der Waals surface area contributed by atoms with Gasteiger partial charge in [0.2, 0.25) is 0 Å². The molecule has 0 aromatic heterocycles. The molecule has 0 aromatic rings. The van der Waals surface area contributed by atoms with E-state index < -0.39 is 79.0 Å². The molecule has 0 amide bonds. The van der Waals surface area contributed by atoms with Crippen LogP contribution in [0.5, 0.6) is 0 Å². The fourth-order valence-electron chi connectivity index (χ4n) is 8.97. The Balaban J connectivity index is 1.19. The number of methoxy groups -OCH3 is 3. The van der Waals surface area contributed by atoms with Crippen molar-refractivity contribution in [3.05, 3.63) is 0 Å². The molecule has 0 spiro atoms. The van der Waals surface area contributed by atoms with Crippen LogP contribution in [0, 0.1) is 11.8 Å². The molecule has 0 saturated heterocycles. The third kappa shape index (κ3) is 11.0. The van der Waals surface area contributed by atoms with Gasteiger partial charge in [0.15, 0.2) is 0 Å². The van der Waals surface area contributed by atoms with Gasteiger partial charge in [0.05, 0.1) is 54.6 Å². The molecule has 0 aromatic carbocycles. The summed E-state index contributed by atoms with van der Waals surface area (Å²) >= 11 is 1.12. The molecule has 5 saturated carbocycles. The average molecular weight is 830 g/mol. The van der Waals surface area contributed by atoms with E-state index >= 15 is 0 Å². The minimum Gasteiger partial charge on any atom is -0.390 e. The molecule has 0 bridgehead atoms. The second-order valence-corrected chi connectivity index (χ2v) is 19.5. The van der Waals surface area contributed by atoms with Gasteiger partial charge < -0.3 is 25.1 Å². The van der Waals surface area contributed by atoms with Crippen molar-refractivity contribution < 1.29 is 59.9 Å². The largest absolute Gasteiger partial charge is 0.390 e. The zero-order valence-electron chi connectivity index (χ0n) is 30.7. The van der Waals surface area contributed by atoms with Gasteiger partial charge in [-0.25, -0.2) is 5.26 Å². The molecule has 5 aliphatic carbocycles. The minimum atomic E-state index is -4.74. The van der Waals surface area contributed by atoms with Crippen molar-refractivity contribution in [2.24, 2.45) is 48.3 Å². The molecule has 5 rings (SSSR count). The Morgan fingerprint density at radius 1 is 0.630 bits per heavy atom. The quantitative estimate of drug-likeness (QED) is 0.0552. The highest BCUT2D eigenvalue weighted by Crippen LogP contribution is 2.45. The van der Waals surface area contributed by atoms with Crippen molar-refractivity contribution in [1.82, 2.24) is 0 Å². The van der Waals surface area contributed by atoms with E-state index in [0.717, 1.165) is 44.1 Å². The van der Waals surface area contributed by atoms with Crippen LogP contribution >= 0.6 is 12.0 Å². The maximum absolute atomic E-state index is 12.5. The first-order valence-electron chi connectivity index (χ1n) is 18.4. The summed E-state index contributed by atoms with van der Waals surface area (Å²) in [7, 11) is -4.53. The van der Waals surface area contributed by atoms with Gasteiger partial charge in [0.25, 0.3) is 20.2 Å². The van der Waals surface area contributed by atoms with Crippen LogP contribution in [-0.4, -0.2) is 140 Å². The molecule has 5 fully saturated rings. The van der Waals surface area contributed by atoms with E-state index in [1.165, 1.54) is 7.11 Å². The maximum Gasteiger partial charge on any atom is 0.270 e. The summed E-state index contributed by atoms with van der Waals surface area (Å²) in [5.74, 6) is -1.26. The first kappa shape index (κ1) is 43.8. The smallest absolute Gasteiger partial charge is 0.270 e. The van der Waals surface area contributed by atoms with E-state index in [-0.39, 0.29) is 54.8 Å². The zero-order chi connectivity index (χ0) is 39.2. The number of nitrogens with zero attached hydrogens (tertiary/aromatic N) is 6. The zero-order valence-corrected chi connectivity index (χ0v) is 33.1. The normalized spacial score (nSPS) is 42.8. The molecule has 0 heterocycles. The maximum atomic E-state index is 12.5. The number of hydrogen-bond acceptors (Lipinski definition) is 19. The van der Waals surface area contributed by atoms with Crippen molar-refractivity contribution in [2.45, 2.75) is 160 Å². The topological polar surface area (TPSA) is 296 Å². The summed E-state index contributed by atoms with van der Waals surface area (Å²) in [6.07, 6.45) is 3.52. The number of rotatable bonds is 14. The number of azo groups is 3. The summed E-state index contributed by atoms with van der Waals surface area (Å²) < 4.78 is 90.6. The number of aliphatic hydroxyl groups is 1. The van der Waals surface area contributed by atoms with Crippen LogP contribution in [0.4, 0.5) is 0 Å². The second-order valence-electron chi connectivity index (χ2n) is 15.2. The van der Waals surface area contributed by atoms with Gasteiger partial charge in [-0.3, -0.25) is 9.11 Å². The number of ether oxygens (including phenoxy) is 3. The Bertz CT molecular complexity index is 1520. The van der Waals surface area contributed by atoms with E-state index in [9.17, 15) is 31.0 Å². The summed E-state index contributed by atoms with van der Waals surface area (Å²) in [4.78, 5) is 0. The molecule has 6 N–H and O–H groups in total. The second kappa shape index (κ2) is 19.4. The van der Waals surface area contributed by atoms with Crippen molar-refractivity contribution >= 4 is 32.3 Å². The van der Waals surface area contributed by atoms with Crippen LogP contribution in [0.15, 0.2) is 30.7 Å². The molecule has 23 heteroatoms. The van der Waals surface area contributed by atoms with Gasteiger partial charge >= 0.3 is 0 Å². The molecule has 20 nitrogen and oxygen atoms in total. The average Bonchev–Trinajstić information content (AvgIpc) is 3.14. The van der Waals surface area contributed by atoms with Gasteiger partial charge in [-0.1, -0.05) is 5.04 Å². The van der Waals surface area contributed by atoms with E-state index in [1.807, 2.05) is 0 Å². The Kier molecular flexibility index (Phi) is 15.7. The predicted octanol–water partition coefficient (Wildman–Crippen LogP) is 3.22. The first-order chi connectivity index (χ1) is 25.7. The number of hydrogen-bond donors (Lipinski definition) is 5. The van der Waals surface area contributed by atoms with Crippen LogP contribution in [0.25, 0.3) is 0 Å². The molecular weight excluding hydrogens is 775 g/mol. The fraction of sp³-hybridized carbons (Fsp3) is 1.00. The summed E-state index contributed by atoms with van der Waals surface area (Å²) in [6.45, 7) is 0. The molecule has 0 radical (unpaired) electrons. The Morgan fingerprint density at radius 2 is 1.15 bits per heavy atom. The van der Waals surface area contributed by atoms with Crippen LogP contribution in [0.1, 0.15) is 77.0 Å². The van der Waals surface area contributed by atoms with E-state index in [2.05, 4.69) is 29.8 Å². The van der Waals surface area contributed by atoms with Gasteiger partial charge in [0, 0.05) is 57.5 Å². The van der Waals surface area contributed by atoms with Crippen LogP contribution < -0.4 is 5.73 Å². The molecular formula is C31H55N7O13S3. The predicted molar refractivity (Wildman–Crippen MR) is 193 cm³/mol. The van der Waals surface area contributed by atoms with Gasteiger partial charge in [-0.2, -0.15) is 47.5 Å². The third-order valence-electron chi connectivity index (χ3n) is 12.0. The lowest BCUT2D eigenvalue weighted by Crippen LogP contribution is -2.58. The standard InChI is InChI=1S/C31H55N7O13S3/c1-47-25-12-18(34-33-17-4-7-19(8-5-17)52-51-50-40)6-9-22(25)35-36-23-14-27(49-3)24(15-26(23)48-2)37-38-30-29(54(44,45)46)11-16-10-28(53(41,42)43)21(32)13-20(16)31(30)39/h16-31,39-40H,4-15,32H2,1-3H3,(H,41,42,43)(H,44,45,46). The van der Waals surface area contributed by atoms with Crippen molar-refractivity contribution in [2.75, 3.05) is 21.3 Å². The third-order valence-corrected chi connectivity index (χ3v) is 15.5. The van der Waals surface area contributed by atoms with E-state index in [0.29, 0.717) is 25.7 Å². The Labute approximate surface area is 320 Å². The molecule has 54 heavy (non-hydrogen) atoms. The van der Waals surface area contributed by atoms with E-state index in [4.69, 9.17) is 35.4 Å². The number of nitrogens with two attached hydrogens (primary N) is 1. The van der Waals surface area contributed by atoms with Crippen LogP contribution in [0.3, 0.4) is 0 Å². The lowest BCUT2D eigenvalue weighted by atomic mass is 9.66. The van der Waals surface area contributed by atoms with Gasteiger partial charge in [0.1, 0.15) is 16.5 Å². The fourth-order valence-corrected chi connectivity index (χ4v) is 11.7. The molecule has 310 valence electrons. The van der Waals surface area contributed by atoms with Crippen molar-refractivity contribution in [3.63, 3.8) is 0 Å². The first-order valence-corrected chi connectivity index (χ1v) is 22.3. The summed E-state index contributed by atoms with van der Waals surface area (Å²) in [5, 5.41) is 48.3. The van der Waals surface area contributed by atoms with Gasteiger partial charge in [-0.15, -0.1) is 4.33 Å². The highest BCUT2D eigenvalue weighted by molar-refractivity contribution is 7.95. The lowest BCUT2D eigenvalue weighted by Gasteiger charge is -2.47. The molecule has 0 aliphatic heterocycles. The van der Waals surface area contributed by atoms with Crippen molar-refractivity contribution in [3.8, 4) is 0 Å². The highest BCUT2D eigenvalue weighted by Gasteiger charge is 2.54. The van der Waals surface area contributed by atoms with E-state index in [1.54, 1.807) is 14.2 Å². The minimum absolute atomic E-state index is 0.0134. The van der Waals surface area contributed by atoms with Crippen LogP contribution in [-0.2, 0) is 43.8 Å². The Morgan fingerprint density at radius 3 is 1.72 bits per heavy atom. The van der Waals surface area contributed by atoms with Crippen molar-refractivity contribution in [1.29, 1.82) is 0 Å². The van der Waals surface area contributed by atoms with Gasteiger partial charge in [-0.05, 0) is 76.0 Å². The SMILES string of the molecule is COC1CC(N=NC2CCC(SOOO)CC2)CCC1N=NC1CC(OC)C(N=NC2C(O)C3CC(N)C(S(=O)(=O)O)CC3CC2S(=O)(=O)O)CC1OC. The molecule has 14 atom stereocenters. The highest BCUT2D eigenvalue weighted by atomic mass is 32.2. The summed E-state index contributed by atoms with van der Waals surface area (Å²) in [6, 6.07) is -3.31. The lowest BCUT2D eigenvalue weighted by molar-refractivity contribution is -0.432. The number of aliphatic hydroxyl groups excluding tert-OH is 1. The molecule has 14 unspecified atom stereocenters.